The smallest absolute Gasteiger partial charge is 0.251 e. The SMILES string of the molecule is COc1ccccc1OCCCCn1c(C(C)NC(=O)c2ccc(C)cc2)nc2ccccc21. The minimum absolute atomic E-state index is 0.101. The number of amides is 1. The van der Waals surface area contributed by atoms with Crippen LogP contribution in [0.4, 0.5) is 0 Å². The number of carbonyl (C=O) groups is 1. The van der Waals surface area contributed by atoms with Crippen LogP contribution in [-0.4, -0.2) is 29.2 Å². The number of hydrogen-bond acceptors (Lipinski definition) is 4. The molecule has 0 aliphatic heterocycles. The van der Waals surface area contributed by atoms with Crippen molar-refractivity contribution in [1.29, 1.82) is 0 Å². The topological polar surface area (TPSA) is 65.4 Å². The number of rotatable bonds is 10. The zero-order chi connectivity index (χ0) is 23.9. The van der Waals surface area contributed by atoms with Gasteiger partial charge in [-0.2, -0.15) is 0 Å². The van der Waals surface area contributed by atoms with Gasteiger partial charge in [0, 0.05) is 12.1 Å². The van der Waals surface area contributed by atoms with Gasteiger partial charge in [-0.25, -0.2) is 4.98 Å². The van der Waals surface area contributed by atoms with Crippen LogP contribution in [-0.2, 0) is 6.54 Å². The third kappa shape index (κ3) is 5.39. The molecule has 1 unspecified atom stereocenters. The summed E-state index contributed by atoms with van der Waals surface area (Å²) in [7, 11) is 1.65. The van der Waals surface area contributed by atoms with Crippen molar-refractivity contribution in [2.75, 3.05) is 13.7 Å². The molecule has 34 heavy (non-hydrogen) atoms. The normalized spacial score (nSPS) is 11.9. The zero-order valence-electron chi connectivity index (χ0n) is 20.0. The van der Waals surface area contributed by atoms with Crippen molar-refractivity contribution in [1.82, 2.24) is 14.9 Å². The summed E-state index contributed by atoms with van der Waals surface area (Å²) in [6.07, 6.45) is 1.80. The number of unbranched alkanes of at least 4 members (excludes halogenated alkanes) is 1. The Kier molecular flexibility index (Phi) is 7.48. The van der Waals surface area contributed by atoms with Crippen molar-refractivity contribution in [2.24, 2.45) is 0 Å². The molecule has 6 heteroatoms. The lowest BCUT2D eigenvalue weighted by Crippen LogP contribution is -2.28. The lowest BCUT2D eigenvalue weighted by molar-refractivity contribution is 0.0937. The molecule has 1 atom stereocenters. The molecule has 1 N–H and O–H groups in total. The maximum Gasteiger partial charge on any atom is 0.251 e. The Morgan fingerprint density at radius 2 is 1.68 bits per heavy atom. The van der Waals surface area contributed by atoms with E-state index in [1.54, 1.807) is 7.11 Å². The first-order chi connectivity index (χ1) is 16.6. The van der Waals surface area contributed by atoms with Crippen molar-refractivity contribution in [2.45, 2.75) is 39.3 Å². The van der Waals surface area contributed by atoms with Gasteiger partial charge < -0.3 is 19.4 Å². The maximum atomic E-state index is 12.8. The van der Waals surface area contributed by atoms with E-state index in [-0.39, 0.29) is 11.9 Å². The third-order valence-electron chi connectivity index (χ3n) is 5.84. The fourth-order valence-electron chi connectivity index (χ4n) is 4.00. The summed E-state index contributed by atoms with van der Waals surface area (Å²) in [6, 6.07) is 23.1. The summed E-state index contributed by atoms with van der Waals surface area (Å²) >= 11 is 0. The summed E-state index contributed by atoms with van der Waals surface area (Å²) in [5.41, 5.74) is 3.77. The lowest BCUT2D eigenvalue weighted by Gasteiger charge is -2.17. The van der Waals surface area contributed by atoms with Crippen LogP contribution in [0, 0.1) is 6.92 Å². The molecule has 0 fully saturated rings. The first-order valence-electron chi connectivity index (χ1n) is 11.7. The van der Waals surface area contributed by atoms with Crippen molar-refractivity contribution >= 4 is 16.9 Å². The Morgan fingerprint density at radius 3 is 2.44 bits per heavy atom. The summed E-state index contributed by atoms with van der Waals surface area (Å²) in [4.78, 5) is 17.6. The highest BCUT2D eigenvalue weighted by atomic mass is 16.5. The van der Waals surface area contributed by atoms with E-state index in [0.29, 0.717) is 12.2 Å². The van der Waals surface area contributed by atoms with Gasteiger partial charge in [-0.3, -0.25) is 4.79 Å². The third-order valence-corrected chi connectivity index (χ3v) is 5.84. The fourth-order valence-corrected chi connectivity index (χ4v) is 4.00. The first kappa shape index (κ1) is 23.4. The molecule has 4 rings (SSSR count). The summed E-state index contributed by atoms with van der Waals surface area (Å²) in [6.45, 7) is 5.38. The fraction of sp³-hybridized carbons (Fsp3) is 0.286. The van der Waals surface area contributed by atoms with Crippen molar-refractivity contribution in [3.05, 3.63) is 89.7 Å². The molecular weight excluding hydrogens is 426 g/mol. The van der Waals surface area contributed by atoms with E-state index in [1.165, 1.54) is 0 Å². The van der Waals surface area contributed by atoms with Crippen molar-refractivity contribution < 1.29 is 14.3 Å². The molecule has 1 heterocycles. The van der Waals surface area contributed by atoms with E-state index in [9.17, 15) is 4.79 Å². The molecule has 3 aromatic carbocycles. The van der Waals surface area contributed by atoms with Gasteiger partial charge in [0.2, 0.25) is 0 Å². The van der Waals surface area contributed by atoms with E-state index >= 15 is 0 Å². The molecular formula is C28H31N3O3. The number of hydrogen-bond donors (Lipinski definition) is 1. The minimum Gasteiger partial charge on any atom is -0.493 e. The van der Waals surface area contributed by atoms with Gasteiger partial charge >= 0.3 is 0 Å². The van der Waals surface area contributed by atoms with Crippen LogP contribution in [0.1, 0.15) is 47.6 Å². The van der Waals surface area contributed by atoms with E-state index in [4.69, 9.17) is 14.5 Å². The van der Waals surface area contributed by atoms with Crippen LogP contribution in [0.3, 0.4) is 0 Å². The van der Waals surface area contributed by atoms with Gasteiger partial charge in [0.15, 0.2) is 11.5 Å². The molecule has 0 radical (unpaired) electrons. The average Bonchev–Trinajstić information content (AvgIpc) is 3.23. The van der Waals surface area contributed by atoms with Gasteiger partial charge in [0.05, 0.1) is 30.8 Å². The zero-order valence-corrected chi connectivity index (χ0v) is 20.0. The predicted molar refractivity (Wildman–Crippen MR) is 135 cm³/mol. The van der Waals surface area contributed by atoms with E-state index < -0.39 is 0 Å². The molecule has 0 saturated heterocycles. The minimum atomic E-state index is -0.231. The molecule has 1 aromatic heterocycles. The second-order valence-electron chi connectivity index (χ2n) is 8.38. The van der Waals surface area contributed by atoms with Gasteiger partial charge in [0.1, 0.15) is 5.82 Å². The number of fused-ring (bicyclic) bond motifs is 1. The van der Waals surface area contributed by atoms with Crippen LogP contribution in [0.5, 0.6) is 11.5 Å². The second-order valence-corrected chi connectivity index (χ2v) is 8.38. The number of aryl methyl sites for hydroxylation is 2. The van der Waals surface area contributed by atoms with Crippen LogP contribution in [0.2, 0.25) is 0 Å². The predicted octanol–water partition coefficient (Wildman–Crippen LogP) is 5.70. The van der Waals surface area contributed by atoms with Crippen LogP contribution < -0.4 is 14.8 Å². The Morgan fingerprint density at radius 1 is 0.971 bits per heavy atom. The van der Waals surface area contributed by atoms with Gasteiger partial charge in [-0.05, 0) is 63.1 Å². The highest BCUT2D eigenvalue weighted by Gasteiger charge is 2.19. The summed E-state index contributed by atoms with van der Waals surface area (Å²) in [5.74, 6) is 2.25. The van der Waals surface area contributed by atoms with Gasteiger partial charge in [-0.1, -0.05) is 42.0 Å². The molecule has 0 aliphatic carbocycles. The Bertz CT molecular complexity index is 1250. The maximum absolute atomic E-state index is 12.8. The number of para-hydroxylation sites is 4. The number of benzene rings is 3. The van der Waals surface area contributed by atoms with E-state index in [2.05, 4.69) is 16.0 Å². The number of imidazole rings is 1. The highest BCUT2D eigenvalue weighted by Crippen LogP contribution is 2.26. The highest BCUT2D eigenvalue weighted by molar-refractivity contribution is 5.94. The molecule has 0 bridgehead atoms. The van der Waals surface area contributed by atoms with E-state index in [0.717, 1.165) is 53.3 Å². The van der Waals surface area contributed by atoms with Crippen LogP contribution in [0.15, 0.2) is 72.8 Å². The molecule has 6 nitrogen and oxygen atoms in total. The number of methoxy groups -OCH3 is 1. The number of ether oxygens (including phenoxy) is 2. The first-order valence-corrected chi connectivity index (χ1v) is 11.7. The number of nitrogens with one attached hydrogen (secondary N) is 1. The van der Waals surface area contributed by atoms with Gasteiger partial charge in [-0.15, -0.1) is 0 Å². The quantitative estimate of drug-likeness (QED) is 0.310. The molecule has 0 aliphatic rings. The van der Waals surface area contributed by atoms with Crippen LogP contribution in [0.25, 0.3) is 11.0 Å². The number of nitrogens with zero attached hydrogens (tertiary/aromatic N) is 2. The van der Waals surface area contributed by atoms with Gasteiger partial charge in [0.25, 0.3) is 5.91 Å². The molecule has 176 valence electrons. The second kappa shape index (κ2) is 10.9. The molecule has 0 spiro atoms. The average molecular weight is 458 g/mol. The summed E-state index contributed by atoms with van der Waals surface area (Å²) in [5, 5.41) is 3.11. The largest absolute Gasteiger partial charge is 0.493 e. The Labute approximate surface area is 200 Å². The van der Waals surface area contributed by atoms with Crippen LogP contribution >= 0.6 is 0 Å². The molecule has 4 aromatic rings. The van der Waals surface area contributed by atoms with Crippen molar-refractivity contribution in [3.63, 3.8) is 0 Å². The molecule has 1 amide bonds. The number of aromatic nitrogens is 2. The Hall–Kier alpha value is -3.80. The monoisotopic (exact) mass is 457 g/mol. The Balaban J connectivity index is 1.42. The molecule has 0 saturated carbocycles. The summed E-state index contributed by atoms with van der Waals surface area (Å²) < 4.78 is 13.5. The number of carbonyl (C=O) groups excluding carboxylic acids is 1. The standard InChI is InChI=1S/C28H31N3O3/c1-20-14-16-22(17-15-20)28(32)29-21(2)27-30-23-10-4-5-11-24(23)31(27)18-8-9-19-34-26-13-7-6-12-25(26)33-3/h4-7,10-17,21H,8-9,18-19H2,1-3H3,(H,29,32). The lowest BCUT2D eigenvalue weighted by atomic mass is 10.1. The van der Waals surface area contributed by atoms with Crippen molar-refractivity contribution in [3.8, 4) is 11.5 Å². The van der Waals surface area contributed by atoms with E-state index in [1.807, 2.05) is 80.6 Å².